The molecule has 2 heterocycles. The first kappa shape index (κ1) is 17.9. The van der Waals surface area contributed by atoms with Crippen LogP contribution in [0.3, 0.4) is 0 Å². The number of piperazine rings is 1. The molecule has 1 fully saturated rings. The van der Waals surface area contributed by atoms with E-state index in [1.54, 1.807) is 19.1 Å². The molecule has 0 radical (unpaired) electrons. The van der Waals surface area contributed by atoms with E-state index in [0.29, 0.717) is 30.1 Å². The van der Waals surface area contributed by atoms with Crippen molar-refractivity contribution in [2.45, 2.75) is 6.92 Å². The van der Waals surface area contributed by atoms with Crippen LogP contribution in [0, 0.1) is 0 Å². The predicted molar refractivity (Wildman–Crippen MR) is 104 cm³/mol. The van der Waals surface area contributed by atoms with Crippen molar-refractivity contribution in [2.24, 2.45) is 0 Å². The van der Waals surface area contributed by atoms with Crippen LogP contribution in [0.5, 0.6) is 0 Å². The summed E-state index contributed by atoms with van der Waals surface area (Å²) in [7, 11) is 0. The van der Waals surface area contributed by atoms with Gasteiger partial charge in [0.15, 0.2) is 5.78 Å². The standard InChI is InChI=1S/C21H20N4O3/c1-15(26)16-6-8-19(9-7-16)24-10-12-25(13-11-24)21(27)18-4-2-17(3-5-18)20-23-22-14-28-20/h2-9,14H,10-13H2,1H3. The maximum absolute atomic E-state index is 12.8. The molecule has 2 aromatic carbocycles. The van der Waals surface area contributed by atoms with Crippen molar-refractivity contribution < 1.29 is 14.0 Å². The lowest BCUT2D eigenvalue weighted by Crippen LogP contribution is -2.48. The number of carbonyl (C=O) groups is 2. The van der Waals surface area contributed by atoms with Crippen LogP contribution in [-0.4, -0.2) is 53.0 Å². The molecule has 0 unspecified atom stereocenters. The summed E-state index contributed by atoms with van der Waals surface area (Å²) in [5, 5.41) is 7.53. The smallest absolute Gasteiger partial charge is 0.253 e. The molecule has 0 saturated carbocycles. The summed E-state index contributed by atoms with van der Waals surface area (Å²) in [4.78, 5) is 28.3. The summed E-state index contributed by atoms with van der Waals surface area (Å²) in [5.41, 5.74) is 3.21. The zero-order valence-electron chi connectivity index (χ0n) is 15.5. The van der Waals surface area contributed by atoms with Gasteiger partial charge in [0, 0.05) is 48.6 Å². The van der Waals surface area contributed by atoms with E-state index < -0.39 is 0 Å². The quantitative estimate of drug-likeness (QED) is 0.652. The van der Waals surface area contributed by atoms with Crippen molar-refractivity contribution in [3.05, 3.63) is 66.1 Å². The second-order valence-electron chi connectivity index (χ2n) is 6.70. The van der Waals surface area contributed by atoms with Gasteiger partial charge in [-0.2, -0.15) is 0 Å². The fourth-order valence-corrected chi connectivity index (χ4v) is 3.31. The van der Waals surface area contributed by atoms with Gasteiger partial charge in [-0.3, -0.25) is 9.59 Å². The number of anilines is 1. The van der Waals surface area contributed by atoms with Gasteiger partial charge in [-0.15, -0.1) is 10.2 Å². The SMILES string of the molecule is CC(=O)c1ccc(N2CCN(C(=O)c3ccc(-c4nnco4)cc3)CC2)cc1. The third-order valence-corrected chi connectivity index (χ3v) is 4.94. The Bertz CT molecular complexity index is 958. The molecule has 1 saturated heterocycles. The molecular weight excluding hydrogens is 356 g/mol. The molecule has 0 N–H and O–H groups in total. The Morgan fingerprint density at radius 2 is 1.54 bits per heavy atom. The minimum atomic E-state index is 0.0173. The Balaban J connectivity index is 1.38. The molecule has 1 amide bonds. The van der Waals surface area contributed by atoms with E-state index in [4.69, 9.17) is 4.42 Å². The van der Waals surface area contributed by atoms with E-state index >= 15 is 0 Å². The monoisotopic (exact) mass is 376 g/mol. The van der Waals surface area contributed by atoms with Crippen LogP contribution in [0.1, 0.15) is 27.6 Å². The minimum absolute atomic E-state index is 0.0173. The molecule has 1 aromatic heterocycles. The van der Waals surface area contributed by atoms with Gasteiger partial charge in [0.1, 0.15) is 0 Å². The van der Waals surface area contributed by atoms with Crippen LogP contribution in [0.15, 0.2) is 59.3 Å². The number of carbonyl (C=O) groups excluding carboxylic acids is 2. The summed E-state index contributed by atoms with van der Waals surface area (Å²) in [5.74, 6) is 0.513. The molecule has 3 aromatic rings. The van der Waals surface area contributed by atoms with Crippen molar-refractivity contribution in [2.75, 3.05) is 31.1 Å². The zero-order valence-corrected chi connectivity index (χ0v) is 15.5. The van der Waals surface area contributed by atoms with Crippen molar-refractivity contribution in [1.29, 1.82) is 0 Å². The van der Waals surface area contributed by atoms with Gasteiger partial charge in [0.2, 0.25) is 12.3 Å². The van der Waals surface area contributed by atoms with Gasteiger partial charge in [-0.05, 0) is 55.5 Å². The number of nitrogens with zero attached hydrogens (tertiary/aromatic N) is 4. The third kappa shape index (κ3) is 3.64. The third-order valence-electron chi connectivity index (χ3n) is 4.94. The highest BCUT2D eigenvalue weighted by Crippen LogP contribution is 2.20. The lowest BCUT2D eigenvalue weighted by molar-refractivity contribution is 0.0746. The minimum Gasteiger partial charge on any atom is -0.423 e. The van der Waals surface area contributed by atoms with E-state index in [-0.39, 0.29) is 11.7 Å². The number of Topliss-reactive ketones (excluding diaryl/α,β-unsaturated/α-hetero) is 1. The Labute approximate surface area is 162 Å². The van der Waals surface area contributed by atoms with E-state index in [1.165, 1.54) is 6.39 Å². The molecule has 7 heteroatoms. The molecular formula is C21H20N4O3. The highest BCUT2D eigenvalue weighted by atomic mass is 16.4. The van der Waals surface area contributed by atoms with E-state index in [2.05, 4.69) is 15.1 Å². The maximum atomic E-state index is 12.8. The topological polar surface area (TPSA) is 79.5 Å². The van der Waals surface area contributed by atoms with Gasteiger partial charge < -0.3 is 14.2 Å². The van der Waals surface area contributed by atoms with E-state index in [0.717, 1.165) is 24.3 Å². The highest BCUT2D eigenvalue weighted by Gasteiger charge is 2.22. The van der Waals surface area contributed by atoms with Crippen molar-refractivity contribution in [3.8, 4) is 11.5 Å². The first-order valence-corrected chi connectivity index (χ1v) is 9.13. The number of rotatable bonds is 4. The molecule has 7 nitrogen and oxygen atoms in total. The van der Waals surface area contributed by atoms with Crippen LogP contribution >= 0.6 is 0 Å². The van der Waals surface area contributed by atoms with E-state index in [9.17, 15) is 9.59 Å². The number of ketones is 1. The Morgan fingerprint density at radius 1 is 0.893 bits per heavy atom. The second-order valence-corrected chi connectivity index (χ2v) is 6.70. The first-order chi connectivity index (χ1) is 13.6. The zero-order chi connectivity index (χ0) is 19.5. The second kappa shape index (κ2) is 7.64. The average molecular weight is 376 g/mol. The molecule has 0 bridgehead atoms. The number of hydrogen-bond acceptors (Lipinski definition) is 6. The summed E-state index contributed by atoms with van der Waals surface area (Å²) in [6.07, 6.45) is 1.28. The summed E-state index contributed by atoms with van der Waals surface area (Å²) in [6, 6.07) is 14.8. The predicted octanol–water partition coefficient (Wildman–Crippen LogP) is 2.90. The van der Waals surface area contributed by atoms with Crippen LogP contribution < -0.4 is 4.90 Å². The number of hydrogen-bond donors (Lipinski definition) is 0. The Morgan fingerprint density at radius 3 is 2.11 bits per heavy atom. The fourth-order valence-electron chi connectivity index (χ4n) is 3.31. The molecule has 0 aliphatic carbocycles. The van der Waals surface area contributed by atoms with Crippen molar-refractivity contribution in [1.82, 2.24) is 15.1 Å². The van der Waals surface area contributed by atoms with E-state index in [1.807, 2.05) is 41.3 Å². The van der Waals surface area contributed by atoms with Gasteiger partial charge in [-0.1, -0.05) is 0 Å². The van der Waals surface area contributed by atoms with Crippen LogP contribution in [0.25, 0.3) is 11.5 Å². The highest BCUT2D eigenvalue weighted by molar-refractivity contribution is 5.95. The molecule has 28 heavy (non-hydrogen) atoms. The number of aromatic nitrogens is 2. The van der Waals surface area contributed by atoms with Gasteiger partial charge >= 0.3 is 0 Å². The molecule has 0 atom stereocenters. The first-order valence-electron chi connectivity index (χ1n) is 9.13. The largest absolute Gasteiger partial charge is 0.423 e. The maximum Gasteiger partial charge on any atom is 0.253 e. The Hall–Kier alpha value is -3.48. The molecule has 0 spiro atoms. The van der Waals surface area contributed by atoms with Crippen LogP contribution in [0.2, 0.25) is 0 Å². The fraction of sp³-hybridized carbons (Fsp3) is 0.238. The van der Waals surface area contributed by atoms with Crippen molar-refractivity contribution in [3.63, 3.8) is 0 Å². The van der Waals surface area contributed by atoms with Crippen LogP contribution in [-0.2, 0) is 0 Å². The molecule has 4 rings (SSSR count). The summed E-state index contributed by atoms with van der Waals surface area (Å²) in [6.45, 7) is 4.38. The lowest BCUT2D eigenvalue weighted by atomic mass is 10.1. The van der Waals surface area contributed by atoms with Gasteiger partial charge in [0.25, 0.3) is 5.91 Å². The number of benzene rings is 2. The van der Waals surface area contributed by atoms with Gasteiger partial charge in [-0.25, -0.2) is 0 Å². The molecule has 142 valence electrons. The summed E-state index contributed by atoms with van der Waals surface area (Å²) < 4.78 is 5.17. The Kier molecular flexibility index (Phi) is 4.89. The normalized spacial score (nSPS) is 14.2. The van der Waals surface area contributed by atoms with Crippen molar-refractivity contribution >= 4 is 17.4 Å². The molecule has 1 aliphatic rings. The summed E-state index contributed by atoms with van der Waals surface area (Å²) >= 11 is 0. The van der Waals surface area contributed by atoms with Crippen LogP contribution in [0.4, 0.5) is 5.69 Å². The lowest BCUT2D eigenvalue weighted by Gasteiger charge is -2.36. The molecule has 1 aliphatic heterocycles. The average Bonchev–Trinajstić information content (AvgIpc) is 3.28. The number of amides is 1. The van der Waals surface area contributed by atoms with Gasteiger partial charge in [0.05, 0.1) is 0 Å².